The first-order valence-electron chi connectivity index (χ1n) is 6.33. The van der Waals surface area contributed by atoms with Crippen molar-refractivity contribution in [1.29, 1.82) is 0 Å². The molecule has 4 heterocycles. The molecule has 3 aliphatic heterocycles. The molecule has 5 nitrogen and oxygen atoms in total. The van der Waals surface area contributed by atoms with E-state index < -0.39 is 0 Å². The van der Waals surface area contributed by atoms with Crippen molar-refractivity contribution < 1.29 is 14.3 Å². The van der Waals surface area contributed by atoms with Gasteiger partial charge < -0.3 is 4.74 Å². The van der Waals surface area contributed by atoms with Gasteiger partial charge in [0.15, 0.2) is 0 Å². The maximum atomic E-state index is 12.4. The number of nitrogens with zero attached hydrogens (tertiary/aromatic N) is 2. The molecule has 1 aromatic rings. The number of imide groups is 1. The molecule has 2 saturated heterocycles. The second-order valence-electron chi connectivity index (χ2n) is 5.12. The molecule has 96 valence electrons. The van der Waals surface area contributed by atoms with Crippen LogP contribution in [0.1, 0.15) is 5.56 Å². The van der Waals surface area contributed by atoms with Crippen molar-refractivity contribution in [2.75, 3.05) is 0 Å². The van der Waals surface area contributed by atoms with Crippen LogP contribution >= 0.6 is 0 Å². The first kappa shape index (κ1) is 10.9. The van der Waals surface area contributed by atoms with E-state index in [-0.39, 0.29) is 35.9 Å². The summed E-state index contributed by atoms with van der Waals surface area (Å²) in [6.07, 6.45) is 6.69. The second-order valence-corrected chi connectivity index (χ2v) is 5.12. The van der Waals surface area contributed by atoms with Gasteiger partial charge in [-0.25, -0.2) is 0 Å². The lowest BCUT2D eigenvalue weighted by atomic mass is 9.85. The summed E-state index contributed by atoms with van der Waals surface area (Å²) in [7, 11) is 0. The molecule has 0 aliphatic carbocycles. The summed E-state index contributed by atoms with van der Waals surface area (Å²) < 4.78 is 5.59. The number of ether oxygens (including phenoxy) is 1. The number of pyridine rings is 1. The number of carbonyl (C=O) groups is 2. The first-order chi connectivity index (χ1) is 9.25. The van der Waals surface area contributed by atoms with Crippen LogP contribution in [0.15, 0.2) is 36.7 Å². The number of fused-ring (bicyclic) bond motifs is 5. The van der Waals surface area contributed by atoms with Gasteiger partial charge in [0, 0.05) is 12.4 Å². The topological polar surface area (TPSA) is 59.5 Å². The SMILES string of the molecule is O=C1[C@@H]2[C@@H](C(=O)N1Cc1ccncc1)[C@H]1C=C[C@@H]2O1. The lowest BCUT2D eigenvalue weighted by Gasteiger charge is -2.17. The van der Waals surface area contributed by atoms with E-state index in [1.807, 2.05) is 24.3 Å². The molecule has 0 spiro atoms. The average Bonchev–Trinajstić information content (AvgIpc) is 3.10. The number of amides is 2. The van der Waals surface area contributed by atoms with Gasteiger partial charge in [0.05, 0.1) is 30.6 Å². The van der Waals surface area contributed by atoms with Gasteiger partial charge in [0.25, 0.3) is 0 Å². The standard InChI is InChI=1S/C14H12N2O3/c17-13-11-9-1-2-10(19-9)12(11)14(18)16(13)7-8-3-5-15-6-4-8/h1-6,9-12H,7H2/t9-,10+,11-,12-/m0/s1. The van der Waals surface area contributed by atoms with Gasteiger partial charge in [-0.15, -0.1) is 0 Å². The van der Waals surface area contributed by atoms with Gasteiger partial charge in [-0.3, -0.25) is 19.5 Å². The van der Waals surface area contributed by atoms with E-state index in [2.05, 4.69) is 4.98 Å². The minimum atomic E-state index is -0.315. The van der Waals surface area contributed by atoms with Crippen LogP contribution in [-0.4, -0.2) is 33.9 Å². The highest BCUT2D eigenvalue weighted by molar-refractivity contribution is 6.06. The predicted molar refractivity (Wildman–Crippen MR) is 64.6 cm³/mol. The minimum absolute atomic E-state index is 0.108. The van der Waals surface area contributed by atoms with Crippen molar-refractivity contribution >= 4 is 11.8 Å². The fourth-order valence-corrected chi connectivity index (χ4v) is 3.19. The zero-order chi connectivity index (χ0) is 13.0. The van der Waals surface area contributed by atoms with Gasteiger partial charge in [-0.2, -0.15) is 0 Å². The van der Waals surface area contributed by atoms with E-state index in [1.54, 1.807) is 12.4 Å². The molecule has 4 rings (SSSR count). The molecule has 0 unspecified atom stereocenters. The van der Waals surface area contributed by atoms with Crippen LogP contribution in [0.2, 0.25) is 0 Å². The molecular formula is C14H12N2O3. The molecule has 0 N–H and O–H groups in total. The van der Waals surface area contributed by atoms with Crippen LogP contribution in [0.4, 0.5) is 0 Å². The third-order valence-corrected chi connectivity index (χ3v) is 4.09. The number of hydrogen-bond acceptors (Lipinski definition) is 4. The van der Waals surface area contributed by atoms with Gasteiger partial charge in [0.1, 0.15) is 0 Å². The third-order valence-electron chi connectivity index (χ3n) is 4.09. The third kappa shape index (κ3) is 1.42. The fraction of sp³-hybridized carbons (Fsp3) is 0.357. The van der Waals surface area contributed by atoms with E-state index in [0.717, 1.165) is 5.56 Å². The quantitative estimate of drug-likeness (QED) is 0.572. The number of aromatic nitrogens is 1. The molecule has 3 aliphatic rings. The molecule has 0 radical (unpaired) electrons. The van der Waals surface area contributed by atoms with Crippen LogP contribution in [-0.2, 0) is 20.9 Å². The summed E-state index contributed by atoms with van der Waals surface area (Å²) >= 11 is 0. The van der Waals surface area contributed by atoms with E-state index in [9.17, 15) is 9.59 Å². The summed E-state index contributed by atoms with van der Waals surface area (Å²) in [4.78, 5) is 30.0. The van der Waals surface area contributed by atoms with E-state index in [4.69, 9.17) is 4.74 Å². The Hall–Kier alpha value is -2.01. The van der Waals surface area contributed by atoms with Crippen molar-refractivity contribution in [1.82, 2.24) is 9.88 Å². The summed E-state index contributed by atoms with van der Waals surface area (Å²) in [5.74, 6) is -0.846. The van der Waals surface area contributed by atoms with Crippen LogP contribution < -0.4 is 0 Å². The Morgan fingerprint density at radius 3 is 2.21 bits per heavy atom. The zero-order valence-electron chi connectivity index (χ0n) is 10.1. The van der Waals surface area contributed by atoms with Crippen molar-refractivity contribution in [2.45, 2.75) is 18.8 Å². The Kier molecular flexibility index (Phi) is 2.14. The fourth-order valence-electron chi connectivity index (χ4n) is 3.19. The molecule has 19 heavy (non-hydrogen) atoms. The first-order valence-corrected chi connectivity index (χ1v) is 6.33. The minimum Gasteiger partial charge on any atom is -0.365 e. The van der Waals surface area contributed by atoms with Gasteiger partial charge >= 0.3 is 0 Å². The summed E-state index contributed by atoms with van der Waals surface area (Å²) in [6.45, 7) is 0.326. The van der Waals surface area contributed by atoms with E-state index in [0.29, 0.717) is 6.54 Å². The van der Waals surface area contributed by atoms with Crippen LogP contribution in [0.25, 0.3) is 0 Å². The molecule has 2 bridgehead atoms. The van der Waals surface area contributed by atoms with Crippen LogP contribution in [0.3, 0.4) is 0 Å². The van der Waals surface area contributed by atoms with Gasteiger partial charge in [-0.1, -0.05) is 12.2 Å². The molecule has 0 saturated carbocycles. The summed E-state index contributed by atoms with van der Waals surface area (Å²) in [5, 5.41) is 0. The van der Waals surface area contributed by atoms with Crippen molar-refractivity contribution in [3.8, 4) is 0 Å². The predicted octanol–water partition coefficient (Wildman–Crippen LogP) is 0.520. The summed E-state index contributed by atoms with van der Waals surface area (Å²) in [6, 6.07) is 3.63. The monoisotopic (exact) mass is 256 g/mol. The van der Waals surface area contributed by atoms with Gasteiger partial charge in [0.2, 0.25) is 11.8 Å². The Morgan fingerprint density at radius 1 is 1.05 bits per heavy atom. The highest BCUT2D eigenvalue weighted by Crippen LogP contribution is 2.45. The van der Waals surface area contributed by atoms with Crippen molar-refractivity contribution in [3.05, 3.63) is 42.2 Å². The van der Waals surface area contributed by atoms with Crippen molar-refractivity contribution in [3.63, 3.8) is 0 Å². The smallest absolute Gasteiger partial charge is 0.236 e. The van der Waals surface area contributed by atoms with Crippen LogP contribution in [0.5, 0.6) is 0 Å². The Labute approximate surface area is 109 Å². The summed E-state index contributed by atoms with van der Waals surface area (Å²) in [5.41, 5.74) is 0.915. The second kappa shape index (κ2) is 3.74. The average molecular weight is 256 g/mol. The molecule has 4 atom stereocenters. The highest BCUT2D eigenvalue weighted by atomic mass is 16.5. The molecule has 0 aromatic carbocycles. The molecular weight excluding hydrogens is 244 g/mol. The number of hydrogen-bond donors (Lipinski definition) is 0. The molecule has 2 amide bonds. The number of likely N-dealkylation sites (tertiary alicyclic amines) is 1. The largest absolute Gasteiger partial charge is 0.365 e. The van der Waals surface area contributed by atoms with E-state index in [1.165, 1.54) is 4.90 Å². The van der Waals surface area contributed by atoms with Crippen LogP contribution in [0, 0.1) is 11.8 Å². The Balaban J connectivity index is 1.62. The van der Waals surface area contributed by atoms with Crippen molar-refractivity contribution in [2.24, 2.45) is 11.8 Å². The maximum absolute atomic E-state index is 12.4. The number of carbonyl (C=O) groups excluding carboxylic acids is 2. The normalized spacial score (nSPS) is 35.3. The number of rotatable bonds is 2. The maximum Gasteiger partial charge on any atom is 0.236 e. The lowest BCUT2D eigenvalue weighted by Crippen LogP contribution is -2.33. The molecule has 1 aromatic heterocycles. The van der Waals surface area contributed by atoms with E-state index >= 15 is 0 Å². The lowest BCUT2D eigenvalue weighted by molar-refractivity contribution is -0.143. The Morgan fingerprint density at radius 2 is 1.63 bits per heavy atom. The zero-order valence-corrected chi connectivity index (χ0v) is 10.1. The molecule has 5 heteroatoms. The molecule has 2 fully saturated rings. The Bertz CT molecular complexity index is 554. The highest BCUT2D eigenvalue weighted by Gasteiger charge is 2.60. The van der Waals surface area contributed by atoms with Gasteiger partial charge in [-0.05, 0) is 17.7 Å².